The van der Waals surface area contributed by atoms with Gasteiger partial charge in [-0.05, 0) is 86.1 Å². The van der Waals surface area contributed by atoms with Crippen LogP contribution in [0.25, 0.3) is 0 Å². The van der Waals surface area contributed by atoms with Gasteiger partial charge in [-0.1, -0.05) is 40.2 Å². The molecule has 0 spiro atoms. The Balaban J connectivity index is 2.68. The van der Waals surface area contributed by atoms with E-state index in [1.54, 1.807) is 0 Å². The molecule has 0 radical (unpaired) electrons. The van der Waals surface area contributed by atoms with Gasteiger partial charge in [-0.2, -0.15) is 0 Å². The minimum atomic E-state index is 0.265. The minimum Gasteiger partial charge on any atom is -0.0786 e. The molecule has 1 unspecified atom stereocenters. The molecule has 2 aromatic carbocycles. The van der Waals surface area contributed by atoms with Crippen molar-refractivity contribution < 1.29 is 0 Å². The summed E-state index contributed by atoms with van der Waals surface area (Å²) in [5, 5.41) is 0. The number of benzene rings is 2. The normalized spacial score (nSPS) is 12.6. The molecular weight excluding hydrogens is 308 g/mol. The monoisotopic (exact) mass is 330 g/mol. The van der Waals surface area contributed by atoms with E-state index in [4.69, 9.17) is 0 Å². The maximum Gasteiger partial charge on any atom is 0.0652 e. The van der Waals surface area contributed by atoms with E-state index in [1.807, 2.05) is 0 Å². The number of aryl methyl sites for hydroxylation is 1. The lowest BCUT2D eigenvalue weighted by molar-refractivity contribution is 1.04. The van der Waals surface area contributed by atoms with Gasteiger partial charge in [-0.3, -0.25) is 0 Å². The Morgan fingerprint density at radius 2 is 1.15 bits per heavy atom. The van der Waals surface area contributed by atoms with Gasteiger partial charge in [0.15, 0.2) is 0 Å². The summed E-state index contributed by atoms with van der Waals surface area (Å²) in [5.41, 5.74) is 11.2. The number of alkyl halides is 1. The van der Waals surface area contributed by atoms with Crippen LogP contribution in [0.5, 0.6) is 0 Å². The molecular formula is C19H23Br. The molecule has 0 aliphatic rings. The lowest BCUT2D eigenvalue weighted by Crippen LogP contribution is -2.06. The SMILES string of the molecule is Cc1ccccc1C(Br)c1c(C)c(C)c(C)c(C)c1C. The zero-order valence-electron chi connectivity index (χ0n) is 13.3. The largest absolute Gasteiger partial charge is 0.0786 e. The first-order valence-corrected chi connectivity index (χ1v) is 8.04. The van der Waals surface area contributed by atoms with Crippen molar-refractivity contribution in [2.24, 2.45) is 0 Å². The number of rotatable bonds is 2. The zero-order chi connectivity index (χ0) is 15.0. The summed E-state index contributed by atoms with van der Waals surface area (Å²) in [5.74, 6) is 0. The van der Waals surface area contributed by atoms with E-state index >= 15 is 0 Å². The summed E-state index contributed by atoms with van der Waals surface area (Å²) in [6.45, 7) is 13.4. The predicted molar refractivity (Wildman–Crippen MR) is 92.1 cm³/mol. The molecule has 0 aromatic heterocycles. The van der Waals surface area contributed by atoms with Crippen LogP contribution < -0.4 is 0 Å². The molecule has 0 bridgehead atoms. The van der Waals surface area contributed by atoms with Crippen LogP contribution in [-0.2, 0) is 0 Å². The van der Waals surface area contributed by atoms with Crippen LogP contribution in [0.4, 0.5) is 0 Å². The van der Waals surface area contributed by atoms with Crippen LogP contribution in [0.15, 0.2) is 24.3 Å². The standard InChI is InChI=1S/C19H23Br/c1-11-9-7-8-10-17(11)19(20)18-15(5)13(3)12(2)14(4)16(18)6/h7-10,19H,1-6H3. The smallest absolute Gasteiger partial charge is 0.0652 e. The molecule has 0 fully saturated rings. The van der Waals surface area contributed by atoms with Gasteiger partial charge in [0.05, 0.1) is 4.83 Å². The molecule has 0 saturated carbocycles. The Kier molecular flexibility index (Phi) is 4.39. The minimum absolute atomic E-state index is 0.265. The van der Waals surface area contributed by atoms with Gasteiger partial charge in [-0.25, -0.2) is 0 Å². The summed E-state index contributed by atoms with van der Waals surface area (Å²) in [7, 11) is 0. The molecule has 1 heteroatoms. The predicted octanol–water partition coefficient (Wildman–Crippen LogP) is 6.02. The average Bonchev–Trinajstić information content (AvgIpc) is 2.43. The molecule has 0 heterocycles. The zero-order valence-corrected chi connectivity index (χ0v) is 14.9. The van der Waals surface area contributed by atoms with Crippen molar-refractivity contribution in [3.05, 3.63) is 68.8 Å². The third kappa shape index (κ3) is 2.44. The third-order valence-corrected chi connectivity index (χ3v) is 5.72. The molecule has 2 rings (SSSR count). The van der Waals surface area contributed by atoms with Gasteiger partial charge in [0, 0.05) is 0 Å². The van der Waals surface area contributed by atoms with E-state index in [1.165, 1.54) is 44.5 Å². The van der Waals surface area contributed by atoms with E-state index < -0.39 is 0 Å². The van der Waals surface area contributed by atoms with E-state index in [0.717, 1.165) is 0 Å². The van der Waals surface area contributed by atoms with E-state index in [2.05, 4.69) is 81.7 Å². The summed E-state index contributed by atoms with van der Waals surface area (Å²) < 4.78 is 0. The Labute approximate surface area is 131 Å². The molecule has 106 valence electrons. The van der Waals surface area contributed by atoms with Crippen molar-refractivity contribution in [1.82, 2.24) is 0 Å². The van der Waals surface area contributed by atoms with Crippen molar-refractivity contribution in [2.75, 3.05) is 0 Å². The Hall–Kier alpha value is -1.08. The van der Waals surface area contributed by atoms with Crippen molar-refractivity contribution in [1.29, 1.82) is 0 Å². The van der Waals surface area contributed by atoms with Crippen molar-refractivity contribution in [2.45, 2.75) is 46.4 Å². The van der Waals surface area contributed by atoms with E-state index in [-0.39, 0.29) is 4.83 Å². The van der Waals surface area contributed by atoms with Crippen LogP contribution in [0.2, 0.25) is 0 Å². The van der Waals surface area contributed by atoms with Crippen molar-refractivity contribution in [3.8, 4) is 0 Å². The summed E-state index contributed by atoms with van der Waals surface area (Å²) in [6.07, 6.45) is 0. The summed E-state index contributed by atoms with van der Waals surface area (Å²) >= 11 is 3.94. The molecule has 0 N–H and O–H groups in total. The molecule has 20 heavy (non-hydrogen) atoms. The highest BCUT2D eigenvalue weighted by molar-refractivity contribution is 9.09. The Morgan fingerprint density at radius 3 is 1.65 bits per heavy atom. The highest BCUT2D eigenvalue weighted by atomic mass is 79.9. The first-order valence-electron chi connectivity index (χ1n) is 7.12. The lowest BCUT2D eigenvalue weighted by Gasteiger charge is -2.23. The van der Waals surface area contributed by atoms with E-state index in [0.29, 0.717) is 0 Å². The van der Waals surface area contributed by atoms with Gasteiger partial charge in [0.25, 0.3) is 0 Å². The second kappa shape index (κ2) is 5.73. The van der Waals surface area contributed by atoms with Gasteiger partial charge < -0.3 is 0 Å². The molecule has 0 saturated heterocycles. The Morgan fingerprint density at radius 1 is 0.700 bits per heavy atom. The lowest BCUT2D eigenvalue weighted by atomic mass is 9.86. The molecule has 0 aliphatic carbocycles. The van der Waals surface area contributed by atoms with Crippen molar-refractivity contribution >= 4 is 15.9 Å². The number of halogens is 1. The molecule has 0 nitrogen and oxygen atoms in total. The number of hydrogen-bond acceptors (Lipinski definition) is 0. The fraction of sp³-hybridized carbons (Fsp3) is 0.368. The molecule has 2 aromatic rings. The average molecular weight is 331 g/mol. The molecule has 0 aliphatic heterocycles. The summed E-state index contributed by atoms with van der Waals surface area (Å²) in [4.78, 5) is 0.265. The quantitative estimate of drug-likeness (QED) is 0.590. The number of hydrogen-bond donors (Lipinski definition) is 0. The van der Waals surface area contributed by atoms with Gasteiger partial charge >= 0.3 is 0 Å². The third-order valence-electron chi connectivity index (χ3n) is 4.77. The topological polar surface area (TPSA) is 0 Å². The second-order valence-corrected chi connectivity index (χ2v) is 6.67. The maximum absolute atomic E-state index is 3.94. The first-order chi connectivity index (χ1) is 9.36. The Bertz CT molecular complexity index is 624. The van der Waals surface area contributed by atoms with E-state index in [9.17, 15) is 0 Å². The van der Waals surface area contributed by atoms with Crippen LogP contribution in [0, 0.1) is 41.5 Å². The van der Waals surface area contributed by atoms with Crippen molar-refractivity contribution in [3.63, 3.8) is 0 Å². The highest BCUT2D eigenvalue weighted by Crippen LogP contribution is 2.39. The van der Waals surface area contributed by atoms with Crippen LogP contribution in [0.3, 0.4) is 0 Å². The van der Waals surface area contributed by atoms with Crippen LogP contribution in [-0.4, -0.2) is 0 Å². The molecule has 0 amide bonds. The fourth-order valence-electron chi connectivity index (χ4n) is 2.94. The second-order valence-electron chi connectivity index (χ2n) is 5.76. The summed E-state index contributed by atoms with van der Waals surface area (Å²) in [6, 6.07) is 8.62. The fourth-order valence-corrected chi connectivity index (χ4v) is 4.14. The van der Waals surface area contributed by atoms with Gasteiger partial charge in [-0.15, -0.1) is 0 Å². The maximum atomic E-state index is 3.94. The van der Waals surface area contributed by atoms with Gasteiger partial charge in [0.1, 0.15) is 0 Å². The van der Waals surface area contributed by atoms with Gasteiger partial charge in [0.2, 0.25) is 0 Å². The first kappa shape index (κ1) is 15.3. The van der Waals surface area contributed by atoms with Crippen LogP contribution >= 0.6 is 15.9 Å². The molecule has 1 atom stereocenters. The van der Waals surface area contributed by atoms with Crippen LogP contribution in [0.1, 0.15) is 49.3 Å². The highest BCUT2D eigenvalue weighted by Gasteiger charge is 2.20.